The maximum Gasteiger partial charge on any atom is 0.224 e. The van der Waals surface area contributed by atoms with E-state index in [9.17, 15) is 8.42 Å². The monoisotopic (exact) mass is 299 g/mol. The maximum atomic E-state index is 11.6. The summed E-state index contributed by atoms with van der Waals surface area (Å²) in [6.45, 7) is 2.70. The highest BCUT2D eigenvalue weighted by molar-refractivity contribution is 7.90. The van der Waals surface area contributed by atoms with Gasteiger partial charge in [0.05, 0.1) is 5.25 Å². The van der Waals surface area contributed by atoms with E-state index in [1.165, 1.54) is 0 Å². The van der Waals surface area contributed by atoms with Crippen molar-refractivity contribution in [2.24, 2.45) is 0 Å². The number of hydrogen-bond donors (Lipinski definition) is 2. The van der Waals surface area contributed by atoms with Gasteiger partial charge in [0.15, 0.2) is 0 Å². The van der Waals surface area contributed by atoms with Gasteiger partial charge in [0, 0.05) is 38.9 Å². The van der Waals surface area contributed by atoms with Crippen LogP contribution in [0.5, 0.6) is 0 Å². The molecule has 0 unspecified atom stereocenters. The highest BCUT2D eigenvalue weighted by Gasteiger charge is 2.35. The van der Waals surface area contributed by atoms with Gasteiger partial charge in [0.25, 0.3) is 0 Å². The van der Waals surface area contributed by atoms with E-state index in [1.54, 1.807) is 0 Å². The summed E-state index contributed by atoms with van der Waals surface area (Å²) in [7, 11) is 0.714. The first-order valence-electron chi connectivity index (χ1n) is 6.64. The summed E-state index contributed by atoms with van der Waals surface area (Å²) in [6, 6.07) is 1.89. The summed E-state index contributed by atoms with van der Waals surface area (Å²) >= 11 is 0. The lowest BCUT2D eigenvalue weighted by Crippen LogP contribution is -2.31. The number of hydrogen-bond acceptors (Lipinski definition) is 6. The fraction of sp³-hybridized carbons (Fsp3) is 0.667. The van der Waals surface area contributed by atoms with Crippen LogP contribution in [0, 0.1) is 6.92 Å². The minimum absolute atomic E-state index is 0.182. The summed E-state index contributed by atoms with van der Waals surface area (Å²) in [5.74, 6) is 1.33. The first-order chi connectivity index (χ1) is 9.38. The minimum Gasteiger partial charge on any atom is -0.363 e. The molecule has 1 saturated carbocycles. The molecule has 1 heterocycles. The van der Waals surface area contributed by atoms with E-state index in [1.807, 2.05) is 32.0 Å². The third-order valence-electron chi connectivity index (χ3n) is 2.97. The molecule has 1 aromatic rings. The van der Waals surface area contributed by atoms with Gasteiger partial charge in [0.2, 0.25) is 16.0 Å². The highest BCUT2D eigenvalue weighted by atomic mass is 32.2. The fourth-order valence-corrected chi connectivity index (χ4v) is 3.10. The molecule has 0 atom stereocenters. The van der Waals surface area contributed by atoms with Gasteiger partial charge in [-0.25, -0.2) is 18.1 Å². The van der Waals surface area contributed by atoms with Crippen molar-refractivity contribution >= 4 is 21.8 Å². The van der Waals surface area contributed by atoms with Crippen LogP contribution in [0.2, 0.25) is 0 Å². The molecule has 1 aromatic heterocycles. The average molecular weight is 299 g/mol. The number of nitrogens with zero attached hydrogens (tertiary/aromatic N) is 3. The van der Waals surface area contributed by atoms with Crippen LogP contribution in [0.1, 0.15) is 18.5 Å². The Bertz CT molecular complexity index is 569. The Labute approximate surface area is 119 Å². The van der Waals surface area contributed by atoms with Crippen LogP contribution >= 0.6 is 0 Å². The Morgan fingerprint density at radius 2 is 2.00 bits per heavy atom. The molecule has 0 amide bonds. The molecule has 2 N–H and O–H groups in total. The lowest BCUT2D eigenvalue weighted by Gasteiger charge is -2.14. The van der Waals surface area contributed by atoms with E-state index in [0.717, 1.165) is 24.4 Å². The van der Waals surface area contributed by atoms with Gasteiger partial charge in [-0.15, -0.1) is 0 Å². The summed E-state index contributed by atoms with van der Waals surface area (Å²) in [5, 5.41) is 2.85. The van der Waals surface area contributed by atoms with E-state index in [0.29, 0.717) is 19.0 Å². The van der Waals surface area contributed by atoms with Gasteiger partial charge in [-0.2, -0.15) is 4.98 Å². The molecule has 0 bridgehead atoms. The Balaban J connectivity index is 1.84. The van der Waals surface area contributed by atoms with E-state index in [2.05, 4.69) is 20.0 Å². The molecule has 8 heteroatoms. The number of aryl methyl sites for hydroxylation is 1. The van der Waals surface area contributed by atoms with Crippen molar-refractivity contribution in [3.63, 3.8) is 0 Å². The van der Waals surface area contributed by atoms with Crippen molar-refractivity contribution in [3.8, 4) is 0 Å². The number of nitrogens with one attached hydrogen (secondary N) is 2. The molecule has 112 valence electrons. The van der Waals surface area contributed by atoms with Crippen LogP contribution in [0.3, 0.4) is 0 Å². The van der Waals surface area contributed by atoms with Gasteiger partial charge in [0.1, 0.15) is 5.82 Å². The van der Waals surface area contributed by atoms with E-state index >= 15 is 0 Å². The zero-order valence-corrected chi connectivity index (χ0v) is 12.9. The molecule has 1 aliphatic carbocycles. The molecule has 7 nitrogen and oxygen atoms in total. The van der Waals surface area contributed by atoms with Crippen molar-refractivity contribution in [3.05, 3.63) is 11.8 Å². The molecular formula is C12H21N5O2S. The molecule has 1 fully saturated rings. The van der Waals surface area contributed by atoms with E-state index in [4.69, 9.17) is 0 Å². The Morgan fingerprint density at radius 1 is 1.30 bits per heavy atom. The number of rotatable bonds is 7. The summed E-state index contributed by atoms with van der Waals surface area (Å²) < 4.78 is 25.8. The normalized spacial score (nSPS) is 15.2. The second-order valence-corrected chi connectivity index (χ2v) is 7.20. The minimum atomic E-state index is -3.11. The smallest absolute Gasteiger partial charge is 0.224 e. The van der Waals surface area contributed by atoms with Crippen LogP contribution in [-0.2, 0) is 10.0 Å². The van der Waals surface area contributed by atoms with E-state index < -0.39 is 10.0 Å². The molecular weight excluding hydrogens is 278 g/mol. The van der Waals surface area contributed by atoms with Gasteiger partial charge in [-0.05, 0) is 19.8 Å². The molecule has 2 rings (SSSR count). The molecule has 0 saturated heterocycles. The predicted molar refractivity (Wildman–Crippen MR) is 79.5 cm³/mol. The Kier molecular flexibility index (Phi) is 4.44. The second-order valence-electron chi connectivity index (χ2n) is 5.15. The van der Waals surface area contributed by atoms with Crippen LogP contribution in [0.4, 0.5) is 11.8 Å². The molecule has 0 aromatic carbocycles. The van der Waals surface area contributed by atoms with Crippen LogP contribution < -0.4 is 14.9 Å². The third kappa shape index (κ3) is 4.04. The van der Waals surface area contributed by atoms with Crippen LogP contribution in [0.25, 0.3) is 0 Å². The van der Waals surface area contributed by atoms with Gasteiger partial charge in [-0.1, -0.05) is 0 Å². The standard InChI is InChI=1S/C12H21N5O2S/c1-9-8-11(17(2)3)16-12(15-9)13-6-7-14-20(18,19)10-4-5-10/h8,10,14H,4-7H2,1-3H3,(H,13,15,16). The predicted octanol–water partition coefficient (Wildman–Crippen LogP) is 0.345. The van der Waals surface area contributed by atoms with Crippen molar-refractivity contribution < 1.29 is 8.42 Å². The lowest BCUT2D eigenvalue weighted by atomic mass is 10.4. The lowest BCUT2D eigenvalue weighted by molar-refractivity contribution is 0.581. The summed E-state index contributed by atoms with van der Waals surface area (Å²) in [5.41, 5.74) is 0.866. The number of aromatic nitrogens is 2. The topological polar surface area (TPSA) is 87.2 Å². The first kappa shape index (κ1) is 15.0. The zero-order valence-electron chi connectivity index (χ0n) is 12.0. The molecule has 20 heavy (non-hydrogen) atoms. The van der Waals surface area contributed by atoms with Crippen LogP contribution in [0.15, 0.2) is 6.07 Å². The van der Waals surface area contributed by atoms with E-state index in [-0.39, 0.29) is 5.25 Å². The van der Waals surface area contributed by atoms with Crippen molar-refractivity contribution in [1.82, 2.24) is 14.7 Å². The van der Waals surface area contributed by atoms with Gasteiger partial charge in [-0.3, -0.25) is 0 Å². The third-order valence-corrected chi connectivity index (χ3v) is 4.93. The highest BCUT2D eigenvalue weighted by Crippen LogP contribution is 2.27. The molecule has 0 spiro atoms. The van der Waals surface area contributed by atoms with Crippen LogP contribution in [-0.4, -0.2) is 50.8 Å². The maximum absolute atomic E-state index is 11.6. The quantitative estimate of drug-likeness (QED) is 0.706. The van der Waals surface area contributed by atoms with Gasteiger partial charge >= 0.3 is 0 Å². The molecule has 1 aliphatic rings. The summed E-state index contributed by atoms with van der Waals surface area (Å²) in [4.78, 5) is 10.5. The average Bonchev–Trinajstić information content (AvgIpc) is 3.18. The molecule has 0 aliphatic heterocycles. The second kappa shape index (κ2) is 5.92. The summed E-state index contributed by atoms with van der Waals surface area (Å²) in [6.07, 6.45) is 1.55. The van der Waals surface area contributed by atoms with Crippen molar-refractivity contribution in [1.29, 1.82) is 0 Å². The first-order valence-corrected chi connectivity index (χ1v) is 8.18. The van der Waals surface area contributed by atoms with Crippen molar-refractivity contribution in [2.75, 3.05) is 37.4 Å². The molecule has 0 radical (unpaired) electrons. The fourth-order valence-electron chi connectivity index (χ4n) is 1.72. The zero-order chi connectivity index (χ0) is 14.8. The van der Waals surface area contributed by atoms with Gasteiger partial charge < -0.3 is 10.2 Å². The largest absolute Gasteiger partial charge is 0.363 e. The Hall–Kier alpha value is -1.41. The number of sulfonamides is 1. The number of anilines is 2. The SMILES string of the molecule is Cc1cc(N(C)C)nc(NCCNS(=O)(=O)C2CC2)n1. The van der Waals surface area contributed by atoms with Crippen molar-refractivity contribution in [2.45, 2.75) is 25.0 Å². The Morgan fingerprint density at radius 3 is 2.60 bits per heavy atom.